The maximum absolute atomic E-state index is 9.95. The fourth-order valence-electron chi connectivity index (χ4n) is 12.5. The third-order valence-corrected chi connectivity index (χ3v) is 19.7. The zero-order valence-electron chi connectivity index (χ0n) is 55.4. The Labute approximate surface area is 578 Å². The molecular weight excluding hydrogens is 1350 g/mol. The summed E-state index contributed by atoms with van der Waals surface area (Å²) in [4.78, 5) is 4.54. The number of halogens is 3. The molecule has 472 valence electrons. The van der Waals surface area contributed by atoms with Crippen LogP contribution in [0.3, 0.4) is 0 Å². The van der Waals surface area contributed by atoms with E-state index in [0.717, 1.165) is 91.4 Å². The van der Waals surface area contributed by atoms with E-state index in [2.05, 4.69) is 329 Å². The van der Waals surface area contributed by atoms with Crippen LogP contribution < -0.4 is 15.3 Å². The summed E-state index contributed by atoms with van der Waals surface area (Å²) in [5.41, 5.74) is 17.1. The molecule has 2 aromatic heterocycles. The van der Waals surface area contributed by atoms with Crippen LogP contribution in [0.1, 0.15) is 105 Å². The molecule has 0 radical (unpaired) electrons. The van der Waals surface area contributed by atoms with Crippen LogP contribution in [0.4, 0.5) is 34.1 Å². The topological polar surface area (TPSA) is 73.2 Å². The van der Waals surface area contributed by atoms with E-state index >= 15 is 0 Å². The number of hydrogen-bond donors (Lipinski definition) is 2. The molecule has 0 amide bonds. The van der Waals surface area contributed by atoms with E-state index in [0.29, 0.717) is 16.6 Å². The average Bonchev–Trinajstić information content (AvgIpc) is 1.57. The van der Waals surface area contributed by atoms with Gasteiger partial charge in [-0.3, -0.25) is 0 Å². The molecule has 2 heterocycles. The summed E-state index contributed by atoms with van der Waals surface area (Å²) < 4.78 is 16.7. The molecular formula is C84H78BBr3N2O4. The Balaban J connectivity index is 0.000000155. The highest BCUT2D eigenvalue weighted by atomic mass is 79.9. The standard InChI is InChI=1S/C42H38BrNO.C32H34BNO3.C10H6Br2/c1-41(2,3)28-19-23-30(24-20-28)44(31-25-21-29(22-26-31)42(4,5)6)37-18-10-16-35-34-15-9-14-33(39(34)45-40(35)37)32-13-7-11-27-12-8-17-36(43)38(27)32;1-31(2,3)21-13-17-23(18-14-21)34(24-19-15-22(16-20-24)32(4,5)6)28-12-8-10-26-25-9-7-11-27(33(35)36)29(25)37-30(26)28;11-8-5-1-3-7-4-2-6-9(12)10(7)8/h7-26H,1-6H3;7-20,35-36H,1-6H3;1-6H. The molecule has 10 heteroatoms. The van der Waals surface area contributed by atoms with Crippen molar-refractivity contribution in [1.82, 2.24) is 0 Å². The Morgan fingerprint density at radius 1 is 0.298 bits per heavy atom. The minimum Gasteiger partial charge on any atom is -0.454 e. The molecule has 2 N–H and O–H groups in total. The first-order valence-electron chi connectivity index (χ1n) is 32.0. The minimum atomic E-state index is -1.61. The molecule has 14 aromatic rings. The van der Waals surface area contributed by atoms with E-state index in [1.807, 2.05) is 48.5 Å². The number of hydrogen-bond acceptors (Lipinski definition) is 6. The van der Waals surface area contributed by atoms with Gasteiger partial charge in [-0.1, -0.05) is 295 Å². The largest absolute Gasteiger partial charge is 0.492 e. The molecule has 0 unspecified atom stereocenters. The fourth-order valence-corrected chi connectivity index (χ4v) is 14.5. The van der Waals surface area contributed by atoms with Crippen LogP contribution in [0.2, 0.25) is 0 Å². The van der Waals surface area contributed by atoms with E-state index in [-0.39, 0.29) is 21.7 Å². The van der Waals surface area contributed by atoms with Gasteiger partial charge in [0.15, 0.2) is 11.2 Å². The number of rotatable bonds is 8. The monoisotopic (exact) mass is 1430 g/mol. The summed E-state index contributed by atoms with van der Waals surface area (Å²) in [5, 5.41) is 28.8. The van der Waals surface area contributed by atoms with Crippen molar-refractivity contribution in [3.8, 4) is 11.1 Å². The Bertz CT molecular complexity index is 4910. The highest BCUT2D eigenvalue weighted by Gasteiger charge is 2.27. The van der Waals surface area contributed by atoms with Crippen molar-refractivity contribution in [3.05, 3.63) is 278 Å². The van der Waals surface area contributed by atoms with Gasteiger partial charge in [-0.05, 0) is 139 Å². The number of anilines is 6. The molecule has 0 saturated heterocycles. The van der Waals surface area contributed by atoms with Crippen LogP contribution in [0.25, 0.3) is 76.5 Å². The predicted octanol–water partition coefficient (Wildman–Crippen LogP) is 24.9. The molecule has 0 spiro atoms. The summed E-state index contributed by atoms with van der Waals surface area (Å²) in [7, 11) is -1.61. The number of furan rings is 2. The second-order valence-electron chi connectivity index (χ2n) is 28.4. The molecule has 0 aliphatic rings. The highest BCUT2D eigenvalue weighted by Crippen LogP contribution is 2.48. The fraction of sp³-hybridized carbons (Fsp3) is 0.190. The Morgan fingerprint density at radius 3 is 0.947 bits per heavy atom. The Morgan fingerprint density at radius 2 is 0.585 bits per heavy atom. The second kappa shape index (κ2) is 26.2. The third-order valence-electron chi connectivity index (χ3n) is 17.7. The zero-order chi connectivity index (χ0) is 66.6. The lowest BCUT2D eigenvalue weighted by Crippen LogP contribution is -2.29. The van der Waals surface area contributed by atoms with E-state index in [1.54, 1.807) is 6.07 Å². The summed E-state index contributed by atoms with van der Waals surface area (Å²) in [6, 6.07) is 85.1. The van der Waals surface area contributed by atoms with Crippen LogP contribution in [-0.4, -0.2) is 17.2 Å². The third kappa shape index (κ3) is 13.3. The average molecular weight is 1430 g/mol. The number of para-hydroxylation sites is 4. The van der Waals surface area contributed by atoms with Gasteiger partial charge in [0.1, 0.15) is 11.2 Å². The van der Waals surface area contributed by atoms with Gasteiger partial charge in [-0.25, -0.2) is 0 Å². The lowest BCUT2D eigenvalue weighted by Gasteiger charge is -2.28. The van der Waals surface area contributed by atoms with Crippen molar-refractivity contribution in [1.29, 1.82) is 0 Å². The normalized spacial score (nSPS) is 12.1. The molecule has 0 fully saturated rings. The van der Waals surface area contributed by atoms with Crippen LogP contribution in [-0.2, 0) is 21.7 Å². The molecule has 0 bridgehead atoms. The summed E-state index contributed by atoms with van der Waals surface area (Å²) >= 11 is 10.9. The van der Waals surface area contributed by atoms with Crippen molar-refractivity contribution < 1.29 is 18.9 Å². The first-order valence-corrected chi connectivity index (χ1v) is 34.4. The van der Waals surface area contributed by atoms with Crippen molar-refractivity contribution in [2.45, 2.75) is 105 Å². The molecule has 12 aromatic carbocycles. The number of benzene rings is 12. The molecule has 94 heavy (non-hydrogen) atoms. The van der Waals surface area contributed by atoms with Gasteiger partial charge >= 0.3 is 7.12 Å². The van der Waals surface area contributed by atoms with Gasteiger partial charge in [0.05, 0.1) is 11.4 Å². The van der Waals surface area contributed by atoms with Crippen molar-refractivity contribution in [2.75, 3.05) is 9.80 Å². The predicted molar refractivity (Wildman–Crippen MR) is 411 cm³/mol. The zero-order valence-corrected chi connectivity index (χ0v) is 60.2. The summed E-state index contributed by atoms with van der Waals surface area (Å²) in [5.74, 6) is 0. The van der Waals surface area contributed by atoms with Gasteiger partial charge in [-0.2, -0.15) is 0 Å². The van der Waals surface area contributed by atoms with Gasteiger partial charge in [0.2, 0.25) is 0 Å². The second-order valence-corrected chi connectivity index (χ2v) is 30.9. The summed E-state index contributed by atoms with van der Waals surface area (Å²) in [6.07, 6.45) is 0. The lowest BCUT2D eigenvalue weighted by molar-refractivity contribution is 0.425. The van der Waals surface area contributed by atoms with Gasteiger partial charge in [-0.15, -0.1) is 0 Å². The lowest BCUT2D eigenvalue weighted by atomic mass is 9.79. The van der Waals surface area contributed by atoms with E-state index < -0.39 is 7.12 Å². The van der Waals surface area contributed by atoms with E-state index in [9.17, 15) is 10.0 Å². The van der Waals surface area contributed by atoms with Crippen molar-refractivity contribution in [2.24, 2.45) is 0 Å². The van der Waals surface area contributed by atoms with E-state index in [4.69, 9.17) is 8.83 Å². The molecule has 6 nitrogen and oxygen atoms in total. The summed E-state index contributed by atoms with van der Waals surface area (Å²) in [6.45, 7) is 26.8. The van der Waals surface area contributed by atoms with Gasteiger partial charge in [0.25, 0.3) is 0 Å². The Hall–Kier alpha value is -8.22. The maximum atomic E-state index is 9.95. The SMILES string of the molecule is Brc1cccc2cccc(Br)c12.CC(C)(C)c1ccc(N(c2ccc(C(C)(C)C)cc2)c2cccc3c2oc2c(-c4cccc5cccc(Br)c45)cccc23)cc1.CC(C)(C)c1ccc(N(c2ccc(C(C)(C)C)cc2)c2cccc3c2oc2c(B(O)O)cccc23)cc1. The number of fused-ring (bicyclic) bond motifs is 8. The molecule has 0 atom stereocenters. The molecule has 0 aliphatic carbocycles. The molecule has 14 rings (SSSR count). The van der Waals surface area contributed by atoms with E-state index in [1.165, 1.54) is 43.8 Å². The van der Waals surface area contributed by atoms with Gasteiger partial charge in [0, 0.05) is 79.5 Å². The first-order chi connectivity index (χ1) is 44.7. The molecule has 0 saturated carbocycles. The van der Waals surface area contributed by atoms with Crippen LogP contribution in [0.15, 0.2) is 265 Å². The smallest absolute Gasteiger partial charge is 0.454 e. The van der Waals surface area contributed by atoms with Crippen LogP contribution in [0.5, 0.6) is 0 Å². The van der Waals surface area contributed by atoms with Gasteiger partial charge < -0.3 is 28.7 Å². The Kier molecular flexibility index (Phi) is 18.3. The maximum Gasteiger partial charge on any atom is 0.492 e. The highest BCUT2D eigenvalue weighted by molar-refractivity contribution is 9.11. The van der Waals surface area contributed by atoms with Crippen molar-refractivity contribution >= 4 is 160 Å². The van der Waals surface area contributed by atoms with Crippen LogP contribution in [0, 0.1) is 0 Å². The first kappa shape index (κ1) is 65.8. The van der Waals surface area contributed by atoms with Crippen LogP contribution >= 0.6 is 47.8 Å². The molecule has 0 aliphatic heterocycles. The number of nitrogens with zero attached hydrogens (tertiary/aromatic N) is 2. The minimum absolute atomic E-state index is 0.0536. The quantitative estimate of drug-likeness (QED) is 0.148. The van der Waals surface area contributed by atoms with Crippen molar-refractivity contribution in [3.63, 3.8) is 0 Å².